The predicted molar refractivity (Wildman–Crippen MR) is 63.5 cm³/mol. The number of hydrogen-bond acceptors (Lipinski definition) is 5. The van der Waals surface area contributed by atoms with Crippen LogP contribution >= 0.6 is 0 Å². The van der Waals surface area contributed by atoms with E-state index in [4.69, 9.17) is 4.42 Å². The Labute approximate surface area is 96.2 Å². The van der Waals surface area contributed by atoms with E-state index < -0.39 is 16.2 Å². The highest BCUT2D eigenvalue weighted by Crippen LogP contribution is 2.31. The number of nitrogens with zero attached hydrogens (tertiary/aromatic N) is 2. The van der Waals surface area contributed by atoms with Crippen molar-refractivity contribution in [1.29, 1.82) is 0 Å². The highest BCUT2D eigenvalue weighted by atomic mass is 16.6. The van der Waals surface area contributed by atoms with Gasteiger partial charge in [0.15, 0.2) is 0 Å². The van der Waals surface area contributed by atoms with Gasteiger partial charge in [0.05, 0.1) is 4.92 Å². The van der Waals surface area contributed by atoms with Crippen LogP contribution in [0.5, 0.6) is 0 Å². The van der Waals surface area contributed by atoms with Gasteiger partial charge in [-0.1, -0.05) is 12.1 Å². The third-order valence-electron chi connectivity index (χ3n) is 2.39. The fourth-order valence-corrected chi connectivity index (χ4v) is 1.74. The van der Waals surface area contributed by atoms with Crippen LogP contribution in [0.4, 0.5) is 11.4 Å². The van der Waals surface area contributed by atoms with Crippen molar-refractivity contribution >= 4 is 22.3 Å². The van der Waals surface area contributed by atoms with Crippen molar-refractivity contribution < 1.29 is 9.34 Å². The Morgan fingerprint density at radius 1 is 1.29 bits per heavy atom. The summed E-state index contributed by atoms with van der Waals surface area (Å²) in [7, 11) is 3.29. The van der Waals surface area contributed by atoms with Crippen molar-refractivity contribution in [2.45, 2.75) is 0 Å². The first-order valence-corrected chi connectivity index (χ1v) is 4.90. The van der Waals surface area contributed by atoms with Crippen LogP contribution in [0.3, 0.4) is 0 Å². The van der Waals surface area contributed by atoms with Crippen LogP contribution in [0.1, 0.15) is 0 Å². The fraction of sp³-hybridized carbons (Fsp3) is 0.182. The summed E-state index contributed by atoms with van der Waals surface area (Å²) in [5.74, 6) is 0. The van der Waals surface area contributed by atoms with E-state index in [0.29, 0.717) is 11.0 Å². The van der Waals surface area contributed by atoms with E-state index in [1.54, 1.807) is 38.4 Å². The molecule has 0 spiro atoms. The van der Waals surface area contributed by atoms with Crippen molar-refractivity contribution in [1.82, 2.24) is 0 Å². The average molecular weight is 234 g/mol. The van der Waals surface area contributed by atoms with Gasteiger partial charge in [-0.2, -0.15) is 0 Å². The van der Waals surface area contributed by atoms with Gasteiger partial charge in [-0.15, -0.1) is 0 Å². The largest absolute Gasteiger partial charge is 0.418 e. The number of hydrogen-bond donors (Lipinski definition) is 0. The molecule has 0 aliphatic rings. The molecule has 0 saturated carbocycles. The van der Waals surface area contributed by atoms with E-state index >= 15 is 0 Å². The molecule has 0 radical (unpaired) electrons. The van der Waals surface area contributed by atoms with E-state index in [-0.39, 0.29) is 5.69 Å². The van der Waals surface area contributed by atoms with Crippen molar-refractivity contribution in [2.75, 3.05) is 19.0 Å². The normalized spacial score (nSPS) is 10.5. The Morgan fingerprint density at radius 2 is 1.94 bits per heavy atom. The average Bonchev–Trinajstić information content (AvgIpc) is 2.26. The Kier molecular flexibility index (Phi) is 2.55. The minimum atomic E-state index is -0.933. The lowest BCUT2D eigenvalue weighted by Crippen LogP contribution is -2.17. The molecule has 0 atom stereocenters. The summed E-state index contributed by atoms with van der Waals surface area (Å²) in [5.41, 5.74) is -0.861. The van der Waals surface area contributed by atoms with E-state index in [2.05, 4.69) is 0 Å². The fourth-order valence-electron chi connectivity index (χ4n) is 1.74. The lowest BCUT2D eigenvalue weighted by molar-refractivity contribution is -0.386. The molecule has 88 valence electrons. The summed E-state index contributed by atoms with van der Waals surface area (Å²) in [5, 5.41) is 11.5. The third-order valence-corrected chi connectivity index (χ3v) is 2.39. The van der Waals surface area contributed by atoms with Crippen LogP contribution in [0, 0.1) is 10.1 Å². The van der Waals surface area contributed by atoms with Gasteiger partial charge in [0.2, 0.25) is 0 Å². The topological polar surface area (TPSA) is 76.6 Å². The Balaban J connectivity index is 2.99. The zero-order valence-corrected chi connectivity index (χ0v) is 9.34. The maximum absolute atomic E-state index is 11.6. The second-order valence-corrected chi connectivity index (χ2v) is 3.73. The molecule has 2 rings (SSSR count). The van der Waals surface area contributed by atoms with E-state index in [9.17, 15) is 14.9 Å². The molecule has 1 heterocycles. The molecule has 1 aromatic carbocycles. The standard InChI is InChI=1S/C11H10N2O4/c1-12(2)9-7-5-3-4-6-8(7)17-11(14)10(9)13(15)16/h3-6H,1-2H3. The summed E-state index contributed by atoms with van der Waals surface area (Å²) in [4.78, 5) is 23.3. The van der Waals surface area contributed by atoms with Gasteiger partial charge in [0.25, 0.3) is 0 Å². The Bertz CT molecular complexity index is 645. The van der Waals surface area contributed by atoms with Gasteiger partial charge in [-0.05, 0) is 12.1 Å². The van der Waals surface area contributed by atoms with Crippen LogP contribution in [0.25, 0.3) is 11.0 Å². The molecule has 6 nitrogen and oxygen atoms in total. The molecule has 0 fully saturated rings. The maximum atomic E-state index is 11.6. The lowest BCUT2D eigenvalue weighted by atomic mass is 10.2. The number of rotatable bonds is 2. The van der Waals surface area contributed by atoms with Gasteiger partial charge in [-0.3, -0.25) is 10.1 Å². The number of nitro groups is 1. The molecule has 0 aliphatic carbocycles. The van der Waals surface area contributed by atoms with Crippen LogP contribution in [0.15, 0.2) is 33.5 Å². The minimum Gasteiger partial charge on any atom is -0.418 e. The molecule has 2 aromatic rings. The molecule has 0 aliphatic heterocycles. The quantitative estimate of drug-likeness (QED) is 0.449. The highest BCUT2D eigenvalue weighted by Gasteiger charge is 2.25. The Hall–Kier alpha value is -2.37. The third kappa shape index (κ3) is 1.73. The molecule has 17 heavy (non-hydrogen) atoms. The zero-order valence-electron chi connectivity index (χ0n) is 9.34. The van der Waals surface area contributed by atoms with Crippen molar-refractivity contribution in [3.05, 3.63) is 44.8 Å². The number of fused-ring (bicyclic) bond motifs is 1. The molecule has 0 N–H and O–H groups in total. The summed E-state index contributed by atoms with van der Waals surface area (Å²) in [6.45, 7) is 0. The number of benzene rings is 1. The van der Waals surface area contributed by atoms with Gasteiger partial charge >= 0.3 is 11.3 Å². The first kappa shape index (κ1) is 11.1. The molecule has 0 amide bonds. The monoisotopic (exact) mass is 234 g/mol. The summed E-state index contributed by atoms with van der Waals surface area (Å²) < 4.78 is 4.92. The van der Waals surface area contributed by atoms with Gasteiger partial charge in [0, 0.05) is 19.5 Å². The molecule has 0 bridgehead atoms. The van der Waals surface area contributed by atoms with Crippen LogP contribution in [-0.4, -0.2) is 19.0 Å². The number of para-hydroxylation sites is 1. The summed E-state index contributed by atoms with van der Waals surface area (Å²) in [6, 6.07) is 6.73. The van der Waals surface area contributed by atoms with Crippen LogP contribution in [-0.2, 0) is 0 Å². The van der Waals surface area contributed by atoms with Crippen molar-refractivity contribution in [3.63, 3.8) is 0 Å². The van der Waals surface area contributed by atoms with Gasteiger partial charge in [0.1, 0.15) is 11.3 Å². The first-order valence-electron chi connectivity index (χ1n) is 4.90. The summed E-state index contributed by atoms with van der Waals surface area (Å²) >= 11 is 0. The second-order valence-electron chi connectivity index (χ2n) is 3.73. The zero-order chi connectivity index (χ0) is 12.6. The summed E-state index contributed by atoms with van der Waals surface area (Å²) in [6.07, 6.45) is 0. The van der Waals surface area contributed by atoms with E-state index in [1.807, 2.05) is 0 Å². The molecular formula is C11H10N2O4. The maximum Gasteiger partial charge on any atom is 0.417 e. The first-order chi connectivity index (χ1) is 8.02. The Morgan fingerprint density at radius 3 is 2.53 bits per heavy atom. The van der Waals surface area contributed by atoms with Crippen LogP contribution < -0.4 is 10.5 Å². The smallest absolute Gasteiger partial charge is 0.417 e. The SMILES string of the molecule is CN(C)c1c([N+](=O)[O-])c(=O)oc2ccccc12. The number of anilines is 1. The molecule has 6 heteroatoms. The molecular weight excluding hydrogens is 224 g/mol. The van der Waals surface area contributed by atoms with Crippen LogP contribution in [0.2, 0.25) is 0 Å². The predicted octanol–water partition coefficient (Wildman–Crippen LogP) is 1.77. The molecule has 0 unspecified atom stereocenters. The second kappa shape index (κ2) is 3.89. The van der Waals surface area contributed by atoms with Gasteiger partial charge < -0.3 is 9.32 Å². The van der Waals surface area contributed by atoms with E-state index in [1.165, 1.54) is 4.90 Å². The van der Waals surface area contributed by atoms with Gasteiger partial charge in [-0.25, -0.2) is 4.79 Å². The molecule has 0 saturated heterocycles. The van der Waals surface area contributed by atoms with Crippen molar-refractivity contribution in [3.8, 4) is 0 Å². The minimum absolute atomic E-state index is 0.266. The lowest BCUT2D eigenvalue weighted by Gasteiger charge is -2.13. The molecule has 1 aromatic heterocycles. The van der Waals surface area contributed by atoms with E-state index in [0.717, 1.165) is 0 Å². The highest BCUT2D eigenvalue weighted by molar-refractivity contribution is 5.94. The van der Waals surface area contributed by atoms with Crippen molar-refractivity contribution in [2.24, 2.45) is 0 Å².